The van der Waals surface area contributed by atoms with Crippen LogP contribution in [0.2, 0.25) is 0 Å². The maximum Gasteiger partial charge on any atom is 0.317 e. The number of ether oxygens (including phenoxy) is 1. The zero-order chi connectivity index (χ0) is 18.7. The number of hydrogen-bond acceptors (Lipinski definition) is 3. The molecule has 0 unspecified atom stereocenters. The SMILES string of the molecule is CC(C)N1C[C@H](NC(=O)N2CCC(Oc3ccccc3F)CC2)CC1=O. The highest BCUT2D eigenvalue weighted by Gasteiger charge is 2.33. The van der Waals surface area contributed by atoms with E-state index in [1.165, 1.54) is 6.07 Å². The lowest BCUT2D eigenvalue weighted by Gasteiger charge is -2.33. The van der Waals surface area contributed by atoms with E-state index >= 15 is 0 Å². The molecule has 2 saturated heterocycles. The van der Waals surface area contributed by atoms with Crippen molar-refractivity contribution in [3.63, 3.8) is 0 Å². The fourth-order valence-corrected chi connectivity index (χ4v) is 3.49. The number of para-hydroxylation sites is 1. The molecule has 0 bridgehead atoms. The third-order valence-corrected chi connectivity index (χ3v) is 4.97. The zero-order valence-corrected chi connectivity index (χ0v) is 15.3. The summed E-state index contributed by atoms with van der Waals surface area (Å²) in [6.45, 7) is 5.62. The Labute approximate surface area is 153 Å². The second-order valence-electron chi connectivity index (χ2n) is 7.23. The zero-order valence-electron chi connectivity index (χ0n) is 15.3. The lowest BCUT2D eigenvalue weighted by atomic mass is 10.1. The fraction of sp³-hybridized carbons (Fsp3) is 0.579. The first-order valence-corrected chi connectivity index (χ1v) is 9.20. The van der Waals surface area contributed by atoms with Crippen molar-refractivity contribution in [1.29, 1.82) is 0 Å². The van der Waals surface area contributed by atoms with E-state index < -0.39 is 0 Å². The maximum absolute atomic E-state index is 13.7. The Morgan fingerprint density at radius 3 is 2.58 bits per heavy atom. The average Bonchev–Trinajstić information content (AvgIpc) is 2.98. The van der Waals surface area contributed by atoms with Gasteiger partial charge in [0.1, 0.15) is 6.10 Å². The van der Waals surface area contributed by atoms with Crippen LogP contribution in [0, 0.1) is 5.82 Å². The number of rotatable bonds is 4. The minimum Gasteiger partial charge on any atom is -0.487 e. The standard InChI is InChI=1S/C19H26FN3O3/c1-13(2)23-12-14(11-18(23)24)21-19(25)22-9-7-15(8-10-22)26-17-6-4-3-5-16(17)20/h3-6,13-15H,7-12H2,1-2H3,(H,21,25)/t14-/m1/s1. The molecule has 0 radical (unpaired) electrons. The molecule has 7 heteroatoms. The van der Waals surface area contributed by atoms with Gasteiger partial charge in [-0.15, -0.1) is 0 Å². The first-order valence-electron chi connectivity index (χ1n) is 9.20. The van der Waals surface area contributed by atoms with Crippen LogP contribution >= 0.6 is 0 Å². The van der Waals surface area contributed by atoms with Crippen molar-refractivity contribution < 1.29 is 18.7 Å². The number of likely N-dealkylation sites (tertiary alicyclic amines) is 2. The van der Waals surface area contributed by atoms with Crippen LogP contribution in [0.15, 0.2) is 24.3 Å². The van der Waals surface area contributed by atoms with Crippen molar-refractivity contribution >= 4 is 11.9 Å². The number of hydrogen-bond donors (Lipinski definition) is 1. The molecule has 0 saturated carbocycles. The second kappa shape index (κ2) is 7.93. The van der Waals surface area contributed by atoms with Crippen molar-refractivity contribution in [3.8, 4) is 5.75 Å². The molecule has 6 nitrogen and oxygen atoms in total. The van der Waals surface area contributed by atoms with Crippen LogP contribution < -0.4 is 10.1 Å². The molecule has 3 amide bonds. The summed E-state index contributed by atoms with van der Waals surface area (Å²) < 4.78 is 19.4. The van der Waals surface area contributed by atoms with E-state index in [1.54, 1.807) is 28.0 Å². The van der Waals surface area contributed by atoms with Crippen molar-refractivity contribution in [3.05, 3.63) is 30.1 Å². The van der Waals surface area contributed by atoms with Gasteiger partial charge in [0.05, 0.1) is 6.04 Å². The van der Waals surface area contributed by atoms with Gasteiger partial charge in [-0.2, -0.15) is 0 Å². The first kappa shape index (κ1) is 18.5. The number of halogens is 1. The van der Waals surface area contributed by atoms with Gasteiger partial charge in [0.25, 0.3) is 0 Å². The van der Waals surface area contributed by atoms with Gasteiger partial charge < -0.3 is 19.9 Å². The van der Waals surface area contributed by atoms with E-state index in [-0.39, 0.29) is 41.7 Å². The normalized spacial score (nSPS) is 21.4. The quantitative estimate of drug-likeness (QED) is 0.893. The summed E-state index contributed by atoms with van der Waals surface area (Å²) in [5.41, 5.74) is 0. The van der Waals surface area contributed by atoms with Crippen molar-refractivity contribution in [1.82, 2.24) is 15.1 Å². The van der Waals surface area contributed by atoms with Gasteiger partial charge >= 0.3 is 6.03 Å². The Balaban J connectivity index is 1.45. The highest BCUT2D eigenvalue weighted by atomic mass is 19.1. The predicted molar refractivity (Wildman–Crippen MR) is 95.4 cm³/mol. The van der Waals surface area contributed by atoms with Gasteiger partial charge in [0.2, 0.25) is 5.91 Å². The Kier molecular flexibility index (Phi) is 5.64. The molecular weight excluding hydrogens is 337 g/mol. The van der Waals surface area contributed by atoms with Crippen molar-refractivity contribution in [2.45, 2.75) is 51.3 Å². The van der Waals surface area contributed by atoms with Crippen LogP contribution in [-0.4, -0.2) is 59.6 Å². The summed E-state index contributed by atoms with van der Waals surface area (Å²) in [7, 11) is 0. The Bertz CT molecular complexity index is 659. The number of carbonyl (C=O) groups excluding carboxylic acids is 2. The number of nitrogens with zero attached hydrogens (tertiary/aromatic N) is 2. The molecule has 26 heavy (non-hydrogen) atoms. The number of amides is 3. The van der Waals surface area contributed by atoms with E-state index in [2.05, 4.69) is 5.32 Å². The first-order chi connectivity index (χ1) is 12.4. The monoisotopic (exact) mass is 363 g/mol. The summed E-state index contributed by atoms with van der Waals surface area (Å²) in [4.78, 5) is 27.9. The summed E-state index contributed by atoms with van der Waals surface area (Å²) >= 11 is 0. The molecule has 0 spiro atoms. The molecule has 142 valence electrons. The van der Waals surface area contributed by atoms with E-state index in [0.717, 1.165) is 0 Å². The van der Waals surface area contributed by atoms with E-state index in [9.17, 15) is 14.0 Å². The van der Waals surface area contributed by atoms with Crippen LogP contribution in [0.25, 0.3) is 0 Å². The molecular formula is C19H26FN3O3. The molecule has 3 rings (SSSR count). The number of benzene rings is 1. The molecule has 1 N–H and O–H groups in total. The molecule has 2 aliphatic heterocycles. The lowest BCUT2D eigenvalue weighted by molar-refractivity contribution is -0.129. The second-order valence-corrected chi connectivity index (χ2v) is 7.23. The lowest BCUT2D eigenvalue weighted by Crippen LogP contribution is -2.50. The van der Waals surface area contributed by atoms with Gasteiger partial charge in [0.15, 0.2) is 11.6 Å². The fourth-order valence-electron chi connectivity index (χ4n) is 3.49. The number of piperidine rings is 1. The topological polar surface area (TPSA) is 61.9 Å². The number of carbonyl (C=O) groups is 2. The van der Waals surface area contributed by atoms with Crippen LogP contribution in [0.3, 0.4) is 0 Å². The molecule has 1 aromatic rings. The molecule has 0 aliphatic carbocycles. The van der Waals surface area contributed by atoms with E-state index in [4.69, 9.17) is 4.74 Å². The van der Waals surface area contributed by atoms with Crippen LogP contribution in [0.5, 0.6) is 5.75 Å². The Morgan fingerprint density at radius 2 is 1.96 bits per heavy atom. The molecule has 1 atom stereocenters. The Morgan fingerprint density at radius 1 is 1.27 bits per heavy atom. The summed E-state index contributed by atoms with van der Waals surface area (Å²) in [5.74, 6) is -0.0239. The summed E-state index contributed by atoms with van der Waals surface area (Å²) in [5, 5.41) is 2.96. The molecule has 2 fully saturated rings. The van der Waals surface area contributed by atoms with E-state index in [1.807, 2.05) is 13.8 Å². The largest absolute Gasteiger partial charge is 0.487 e. The highest BCUT2D eigenvalue weighted by Crippen LogP contribution is 2.22. The average molecular weight is 363 g/mol. The highest BCUT2D eigenvalue weighted by molar-refractivity contribution is 5.82. The minimum atomic E-state index is -0.367. The van der Waals surface area contributed by atoms with Crippen molar-refractivity contribution in [2.75, 3.05) is 19.6 Å². The molecule has 1 aromatic carbocycles. The van der Waals surface area contributed by atoms with Gasteiger partial charge in [-0.1, -0.05) is 12.1 Å². The van der Waals surface area contributed by atoms with Gasteiger partial charge in [-0.05, 0) is 26.0 Å². The molecule has 2 aliphatic rings. The summed E-state index contributed by atoms with van der Waals surface area (Å²) in [6, 6.07) is 6.24. The van der Waals surface area contributed by atoms with Crippen LogP contribution in [0.4, 0.5) is 9.18 Å². The van der Waals surface area contributed by atoms with Gasteiger partial charge in [-0.3, -0.25) is 4.79 Å². The van der Waals surface area contributed by atoms with E-state index in [0.29, 0.717) is 38.9 Å². The van der Waals surface area contributed by atoms with Crippen molar-refractivity contribution in [2.24, 2.45) is 0 Å². The maximum atomic E-state index is 13.7. The van der Waals surface area contributed by atoms with Crippen LogP contribution in [-0.2, 0) is 4.79 Å². The molecule has 0 aromatic heterocycles. The summed E-state index contributed by atoms with van der Waals surface area (Å²) in [6.07, 6.45) is 1.57. The number of nitrogens with one attached hydrogen (secondary N) is 1. The van der Waals surface area contributed by atoms with Crippen LogP contribution in [0.1, 0.15) is 33.1 Å². The van der Waals surface area contributed by atoms with Gasteiger partial charge in [-0.25, -0.2) is 9.18 Å². The predicted octanol–water partition coefficient (Wildman–Crippen LogP) is 2.39. The van der Waals surface area contributed by atoms with Gasteiger partial charge in [0, 0.05) is 44.9 Å². The molecule has 2 heterocycles. The minimum absolute atomic E-state index is 0.0855. The third kappa shape index (κ3) is 4.26. The Hall–Kier alpha value is -2.31. The number of urea groups is 1. The smallest absolute Gasteiger partial charge is 0.317 e. The third-order valence-electron chi connectivity index (χ3n) is 4.97.